The number of nitrogens with zero attached hydrogens (tertiary/aromatic N) is 2. The molecule has 1 aromatic heterocycles. The van der Waals surface area contributed by atoms with Gasteiger partial charge in [-0.2, -0.15) is 8.42 Å². The topological polar surface area (TPSA) is 106 Å². The first-order valence-corrected chi connectivity index (χ1v) is 10.8. The smallest absolute Gasteiger partial charge is 0.286 e. The van der Waals surface area contributed by atoms with E-state index in [2.05, 4.69) is 14.7 Å². The van der Waals surface area contributed by atoms with Gasteiger partial charge in [0, 0.05) is 22.4 Å². The Labute approximate surface area is 168 Å². The molecule has 0 radical (unpaired) electrons. The highest BCUT2D eigenvalue weighted by molar-refractivity contribution is 8.19. The molecule has 3 aromatic carbocycles. The van der Waals surface area contributed by atoms with Gasteiger partial charge in [0.25, 0.3) is 15.9 Å². The van der Waals surface area contributed by atoms with Gasteiger partial charge in [0.15, 0.2) is 10.6 Å². The Kier molecular flexibility index (Phi) is 3.90. The lowest BCUT2D eigenvalue weighted by Gasteiger charge is -2.04. The summed E-state index contributed by atoms with van der Waals surface area (Å²) in [5.74, 6) is -0.448. The van der Waals surface area contributed by atoms with Crippen molar-refractivity contribution in [3.8, 4) is 0 Å². The van der Waals surface area contributed by atoms with E-state index >= 15 is 0 Å². The van der Waals surface area contributed by atoms with E-state index in [1.165, 1.54) is 12.3 Å². The molecule has 0 saturated carbocycles. The van der Waals surface area contributed by atoms with Crippen LogP contribution in [0.2, 0.25) is 0 Å². The zero-order chi connectivity index (χ0) is 20.2. The number of amides is 1. The first kappa shape index (κ1) is 17.8. The number of carbonyl (C=O) groups is 1. The van der Waals surface area contributed by atoms with E-state index in [1.807, 2.05) is 0 Å². The third-order valence-corrected chi connectivity index (χ3v) is 6.83. The molecule has 1 N–H and O–H groups in total. The fraction of sp³-hybridized carbons (Fsp3) is 0. The van der Waals surface area contributed by atoms with Crippen molar-refractivity contribution in [3.63, 3.8) is 0 Å². The second-order valence-electron chi connectivity index (χ2n) is 6.40. The van der Waals surface area contributed by atoms with Gasteiger partial charge in [-0.15, -0.1) is 4.40 Å². The Morgan fingerprint density at radius 1 is 1.03 bits per heavy atom. The van der Waals surface area contributed by atoms with Crippen LogP contribution in [0.1, 0.15) is 5.56 Å². The van der Waals surface area contributed by atoms with Crippen molar-refractivity contribution in [1.82, 2.24) is 10.3 Å². The van der Waals surface area contributed by atoms with Crippen molar-refractivity contribution in [2.24, 2.45) is 4.40 Å². The minimum absolute atomic E-state index is 0.00946. The van der Waals surface area contributed by atoms with Gasteiger partial charge < -0.3 is 0 Å². The standard InChI is InChI=1S/C20H11N3O4S2/c24-18-13-7-6-11(9-14(13)18)10-15-19(25)22-20(28-15)23-29(26,27)16-5-1-3-12-4-2-8-21-17(12)16/h1-10H,(H,22,23,25)/b15-10-. The highest BCUT2D eigenvalue weighted by Crippen LogP contribution is 2.29. The number of hydrogen-bond donors (Lipinski definition) is 1. The minimum atomic E-state index is -4.08. The molecule has 5 rings (SSSR count). The van der Waals surface area contributed by atoms with Crippen LogP contribution in [0, 0.1) is 0 Å². The van der Waals surface area contributed by atoms with E-state index < -0.39 is 15.9 Å². The first-order valence-electron chi connectivity index (χ1n) is 8.51. The number of fused-ring (bicyclic) bond motifs is 2. The van der Waals surface area contributed by atoms with Crippen molar-refractivity contribution in [2.45, 2.75) is 4.90 Å². The van der Waals surface area contributed by atoms with Crippen LogP contribution in [0.4, 0.5) is 0 Å². The highest BCUT2D eigenvalue weighted by Gasteiger charge is 2.27. The third-order valence-electron chi connectivity index (χ3n) is 4.50. The Hall–Kier alpha value is -3.30. The molecular weight excluding hydrogens is 410 g/mol. The van der Waals surface area contributed by atoms with E-state index in [9.17, 15) is 18.0 Å². The number of sulfonamides is 1. The number of amidine groups is 1. The number of para-hydroxylation sites is 1. The number of carbonyl (C=O) groups excluding carboxylic acids is 1. The van der Waals surface area contributed by atoms with Gasteiger partial charge in [0.2, 0.25) is 0 Å². The normalized spacial score (nSPS) is 17.7. The van der Waals surface area contributed by atoms with Gasteiger partial charge in [-0.05, 0) is 47.7 Å². The second kappa shape index (κ2) is 6.36. The SMILES string of the molecule is O=C1N/C(=N\S(=O)(=O)c2cccc3cccnc23)S/C1=C\c1ccc2c(=O)c2c1. The summed E-state index contributed by atoms with van der Waals surface area (Å²) in [4.78, 5) is 28.1. The third kappa shape index (κ3) is 3.14. The molecule has 7 nitrogen and oxygen atoms in total. The maximum atomic E-state index is 12.8. The van der Waals surface area contributed by atoms with Gasteiger partial charge >= 0.3 is 0 Å². The number of nitrogens with one attached hydrogen (secondary N) is 1. The molecule has 9 heteroatoms. The average Bonchev–Trinajstić information content (AvgIpc) is 3.22. The first-order chi connectivity index (χ1) is 13.9. The van der Waals surface area contributed by atoms with E-state index in [1.54, 1.807) is 48.5 Å². The second-order valence-corrected chi connectivity index (χ2v) is 9.00. The maximum Gasteiger partial charge on any atom is 0.286 e. The van der Waals surface area contributed by atoms with Gasteiger partial charge in [-0.1, -0.05) is 24.3 Å². The predicted octanol–water partition coefficient (Wildman–Crippen LogP) is 2.57. The van der Waals surface area contributed by atoms with Crippen LogP contribution in [-0.4, -0.2) is 24.5 Å². The van der Waals surface area contributed by atoms with Crippen LogP contribution < -0.4 is 10.7 Å². The summed E-state index contributed by atoms with van der Waals surface area (Å²) in [7, 11) is -4.08. The van der Waals surface area contributed by atoms with Gasteiger partial charge in [-0.25, -0.2) is 0 Å². The molecule has 0 unspecified atom stereocenters. The molecule has 142 valence electrons. The summed E-state index contributed by atoms with van der Waals surface area (Å²) in [6.45, 7) is 0. The van der Waals surface area contributed by atoms with Crippen molar-refractivity contribution in [2.75, 3.05) is 0 Å². The maximum absolute atomic E-state index is 12.8. The van der Waals surface area contributed by atoms with E-state index in [0.29, 0.717) is 32.1 Å². The molecule has 1 aliphatic rings. The van der Waals surface area contributed by atoms with Crippen LogP contribution in [0.5, 0.6) is 0 Å². The fourth-order valence-electron chi connectivity index (χ4n) is 3.06. The molecule has 29 heavy (non-hydrogen) atoms. The van der Waals surface area contributed by atoms with E-state index in [4.69, 9.17) is 0 Å². The predicted molar refractivity (Wildman–Crippen MR) is 113 cm³/mol. The summed E-state index contributed by atoms with van der Waals surface area (Å²) in [6.07, 6.45) is 3.11. The van der Waals surface area contributed by atoms with Crippen molar-refractivity contribution < 1.29 is 13.2 Å². The number of hydrogen-bond acceptors (Lipinski definition) is 6. The summed E-state index contributed by atoms with van der Waals surface area (Å²) in [6, 6.07) is 13.4. The molecule has 1 saturated heterocycles. The van der Waals surface area contributed by atoms with Crippen molar-refractivity contribution in [3.05, 3.63) is 75.4 Å². The molecule has 0 bridgehead atoms. The van der Waals surface area contributed by atoms with Crippen LogP contribution >= 0.6 is 11.8 Å². The zero-order valence-electron chi connectivity index (χ0n) is 14.6. The quantitative estimate of drug-likeness (QED) is 0.510. The van der Waals surface area contributed by atoms with Crippen LogP contribution in [-0.2, 0) is 14.8 Å². The average molecular weight is 421 g/mol. The molecule has 1 fully saturated rings. The van der Waals surface area contributed by atoms with Crippen molar-refractivity contribution >= 4 is 60.6 Å². The number of pyridine rings is 1. The lowest BCUT2D eigenvalue weighted by Crippen LogP contribution is -2.20. The Balaban J connectivity index is 1.48. The minimum Gasteiger partial charge on any atom is -0.300 e. The number of rotatable bonds is 3. The Morgan fingerprint density at radius 3 is 2.69 bits per heavy atom. The molecule has 1 amide bonds. The highest BCUT2D eigenvalue weighted by atomic mass is 32.2. The summed E-state index contributed by atoms with van der Waals surface area (Å²) in [5.41, 5.74) is 1.02. The van der Waals surface area contributed by atoms with Crippen LogP contribution in [0.25, 0.3) is 27.8 Å². The molecule has 0 aliphatic carbocycles. The van der Waals surface area contributed by atoms with Gasteiger partial charge in [0.05, 0.1) is 10.4 Å². The molecule has 0 spiro atoms. The summed E-state index contributed by atoms with van der Waals surface area (Å²) < 4.78 is 29.4. The molecular formula is C20H11N3O4S2. The van der Waals surface area contributed by atoms with E-state index in [-0.39, 0.29) is 15.5 Å². The Bertz CT molecular complexity index is 1500. The fourth-order valence-corrected chi connectivity index (χ4v) is 5.22. The monoisotopic (exact) mass is 421 g/mol. The summed E-state index contributed by atoms with van der Waals surface area (Å²) >= 11 is 0.930. The van der Waals surface area contributed by atoms with Gasteiger partial charge in [-0.3, -0.25) is 19.9 Å². The molecule has 4 aromatic rings. The van der Waals surface area contributed by atoms with Crippen LogP contribution in [0.3, 0.4) is 0 Å². The van der Waals surface area contributed by atoms with Crippen LogP contribution in [0.15, 0.2) is 73.7 Å². The largest absolute Gasteiger partial charge is 0.300 e. The Morgan fingerprint density at radius 2 is 1.86 bits per heavy atom. The van der Waals surface area contributed by atoms with E-state index in [0.717, 1.165) is 11.8 Å². The molecule has 2 heterocycles. The van der Waals surface area contributed by atoms with Crippen molar-refractivity contribution in [1.29, 1.82) is 0 Å². The molecule has 1 aliphatic heterocycles. The number of benzene rings is 2. The lowest BCUT2D eigenvalue weighted by atomic mass is 10.2. The lowest BCUT2D eigenvalue weighted by molar-refractivity contribution is -0.115. The summed E-state index contributed by atoms with van der Waals surface area (Å²) in [5, 5.41) is 4.45. The number of thioether (sulfide) groups is 1. The zero-order valence-corrected chi connectivity index (χ0v) is 16.3. The van der Waals surface area contributed by atoms with Gasteiger partial charge in [0.1, 0.15) is 4.90 Å². The number of aromatic nitrogens is 1. The molecule has 0 atom stereocenters.